The molecule has 146 valence electrons. The number of hydrogen-bond donors (Lipinski definition) is 1. The summed E-state index contributed by atoms with van der Waals surface area (Å²) in [6.07, 6.45) is -2.11. The Hall–Kier alpha value is -2.53. The van der Waals surface area contributed by atoms with E-state index >= 15 is 0 Å². The molecule has 1 N–H and O–H groups in total. The van der Waals surface area contributed by atoms with E-state index in [1.54, 1.807) is 0 Å². The molecule has 1 aliphatic heterocycles. The van der Waals surface area contributed by atoms with Gasteiger partial charge in [0.1, 0.15) is 0 Å². The lowest BCUT2D eigenvalue weighted by Gasteiger charge is -2.26. The smallest absolute Gasteiger partial charge is 0.379 e. The van der Waals surface area contributed by atoms with Gasteiger partial charge in [-0.1, -0.05) is 11.3 Å². The van der Waals surface area contributed by atoms with Crippen molar-refractivity contribution in [1.82, 2.24) is 30.2 Å². The number of amides is 1. The molecule has 0 aromatic carbocycles. The first kappa shape index (κ1) is 19.2. The minimum Gasteiger partial charge on any atom is -0.379 e. The van der Waals surface area contributed by atoms with Gasteiger partial charge in [0, 0.05) is 25.8 Å². The van der Waals surface area contributed by atoms with Crippen molar-refractivity contribution >= 4 is 5.91 Å². The van der Waals surface area contributed by atoms with Crippen LogP contribution in [0.25, 0.3) is 0 Å². The van der Waals surface area contributed by atoms with Gasteiger partial charge >= 0.3 is 6.18 Å². The predicted octanol–water partition coefficient (Wildman–Crippen LogP) is 1.04. The molecule has 11 heteroatoms. The first-order valence-electron chi connectivity index (χ1n) is 8.42. The molecular formula is C16H19F3N6O2. The Morgan fingerprint density at radius 1 is 1.26 bits per heavy atom. The van der Waals surface area contributed by atoms with Crippen molar-refractivity contribution in [2.75, 3.05) is 32.8 Å². The van der Waals surface area contributed by atoms with E-state index in [9.17, 15) is 18.0 Å². The van der Waals surface area contributed by atoms with E-state index in [2.05, 4.69) is 20.2 Å². The summed E-state index contributed by atoms with van der Waals surface area (Å²) in [4.78, 5) is 18.1. The van der Waals surface area contributed by atoms with Crippen molar-refractivity contribution in [3.8, 4) is 0 Å². The van der Waals surface area contributed by atoms with Crippen LogP contribution in [-0.2, 0) is 11.3 Å². The molecule has 27 heavy (non-hydrogen) atoms. The van der Waals surface area contributed by atoms with Crippen LogP contribution in [0.3, 0.4) is 0 Å². The molecule has 3 heterocycles. The highest BCUT2D eigenvalue weighted by atomic mass is 19.4. The van der Waals surface area contributed by atoms with E-state index in [-0.39, 0.29) is 11.4 Å². The Labute approximate surface area is 153 Å². The summed E-state index contributed by atoms with van der Waals surface area (Å²) in [5, 5.41) is 9.43. The molecule has 0 spiro atoms. The van der Waals surface area contributed by atoms with Gasteiger partial charge in [0.15, 0.2) is 11.7 Å². The lowest BCUT2D eigenvalue weighted by molar-refractivity contribution is -0.156. The molecule has 1 amide bonds. The lowest BCUT2D eigenvalue weighted by atomic mass is 10.1. The summed E-state index contributed by atoms with van der Waals surface area (Å²) in [5.41, 5.74) is -0.472. The topological polar surface area (TPSA) is 85.2 Å². The molecule has 2 aromatic heterocycles. The standard InChI is InChI=1S/C16H19F3N6O2/c17-16(18,19)14(12-3-1-2-4-20-12)21-15(26)13-11-25(23-22-13)6-5-24-7-9-27-10-8-24/h1-4,11,14H,5-10H2,(H,21,26)/t14-/m1/s1. The third kappa shape index (κ3) is 5.23. The van der Waals surface area contributed by atoms with Gasteiger partial charge in [-0.15, -0.1) is 5.10 Å². The molecule has 3 rings (SSSR count). The Balaban J connectivity index is 1.62. The molecule has 0 unspecified atom stereocenters. The van der Waals surface area contributed by atoms with Crippen molar-refractivity contribution in [3.05, 3.63) is 42.0 Å². The average Bonchev–Trinajstić information content (AvgIpc) is 3.14. The minimum atomic E-state index is -4.68. The largest absolute Gasteiger partial charge is 0.414 e. The van der Waals surface area contributed by atoms with E-state index in [0.717, 1.165) is 13.1 Å². The zero-order valence-electron chi connectivity index (χ0n) is 14.4. The number of ether oxygens (including phenoxy) is 1. The number of hydrogen-bond acceptors (Lipinski definition) is 6. The third-order valence-electron chi connectivity index (χ3n) is 4.11. The molecule has 1 fully saturated rings. The fourth-order valence-electron chi connectivity index (χ4n) is 2.66. The molecule has 0 radical (unpaired) electrons. The molecule has 1 aliphatic rings. The first-order chi connectivity index (χ1) is 12.9. The maximum atomic E-state index is 13.3. The maximum absolute atomic E-state index is 13.3. The molecule has 2 aromatic rings. The quantitative estimate of drug-likeness (QED) is 0.801. The van der Waals surface area contributed by atoms with Crippen LogP contribution in [0.2, 0.25) is 0 Å². The molecule has 8 nitrogen and oxygen atoms in total. The zero-order chi connectivity index (χ0) is 19.3. The summed E-state index contributed by atoms with van der Waals surface area (Å²) in [6, 6.07) is 1.91. The van der Waals surface area contributed by atoms with Gasteiger partial charge in [-0.25, -0.2) is 0 Å². The van der Waals surface area contributed by atoms with Crippen LogP contribution >= 0.6 is 0 Å². The van der Waals surface area contributed by atoms with Crippen LogP contribution in [0.4, 0.5) is 13.2 Å². The van der Waals surface area contributed by atoms with E-state index in [0.29, 0.717) is 26.3 Å². The predicted molar refractivity (Wildman–Crippen MR) is 87.8 cm³/mol. The Morgan fingerprint density at radius 3 is 2.70 bits per heavy atom. The fourth-order valence-corrected chi connectivity index (χ4v) is 2.66. The number of rotatable bonds is 6. The highest BCUT2D eigenvalue weighted by molar-refractivity contribution is 5.92. The van der Waals surface area contributed by atoms with Crippen LogP contribution in [0.1, 0.15) is 22.2 Å². The normalized spacial score (nSPS) is 16.9. The Kier molecular flexibility index (Phi) is 6.01. The van der Waals surface area contributed by atoms with Gasteiger partial charge in [-0.2, -0.15) is 13.2 Å². The van der Waals surface area contributed by atoms with Crippen molar-refractivity contribution in [3.63, 3.8) is 0 Å². The maximum Gasteiger partial charge on any atom is 0.414 e. The number of aromatic nitrogens is 4. The molecule has 0 bridgehead atoms. The SMILES string of the molecule is O=C(N[C@H](c1ccccn1)C(F)(F)F)c1cn(CCN2CCOCC2)nn1. The second-order valence-electron chi connectivity index (χ2n) is 6.02. The monoisotopic (exact) mass is 384 g/mol. The molecule has 1 atom stereocenters. The van der Waals surface area contributed by atoms with Crippen LogP contribution in [-0.4, -0.2) is 69.8 Å². The number of pyridine rings is 1. The zero-order valence-corrected chi connectivity index (χ0v) is 14.4. The molecule has 1 saturated heterocycles. The van der Waals surface area contributed by atoms with E-state index in [4.69, 9.17) is 4.74 Å². The van der Waals surface area contributed by atoms with Crippen molar-refractivity contribution in [2.45, 2.75) is 18.8 Å². The number of halogens is 3. The van der Waals surface area contributed by atoms with E-state index in [1.807, 2.05) is 5.32 Å². The Bertz CT molecular complexity index is 746. The highest BCUT2D eigenvalue weighted by Crippen LogP contribution is 2.31. The Morgan fingerprint density at radius 2 is 2.04 bits per heavy atom. The first-order valence-corrected chi connectivity index (χ1v) is 8.42. The van der Waals surface area contributed by atoms with Crippen LogP contribution in [0.5, 0.6) is 0 Å². The second-order valence-corrected chi connectivity index (χ2v) is 6.02. The van der Waals surface area contributed by atoms with Gasteiger partial charge in [-0.3, -0.25) is 19.4 Å². The van der Waals surface area contributed by atoms with Crippen molar-refractivity contribution in [2.24, 2.45) is 0 Å². The van der Waals surface area contributed by atoms with Gasteiger partial charge in [0.05, 0.1) is 31.6 Å². The van der Waals surface area contributed by atoms with Crippen LogP contribution in [0, 0.1) is 0 Å². The number of alkyl halides is 3. The highest BCUT2D eigenvalue weighted by Gasteiger charge is 2.43. The second kappa shape index (κ2) is 8.44. The summed E-state index contributed by atoms with van der Waals surface area (Å²) in [7, 11) is 0. The molecule has 0 aliphatic carbocycles. The summed E-state index contributed by atoms with van der Waals surface area (Å²) < 4.78 is 46.6. The summed E-state index contributed by atoms with van der Waals surface area (Å²) in [5.74, 6) is -0.958. The van der Waals surface area contributed by atoms with Gasteiger partial charge < -0.3 is 10.1 Å². The third-order valence-corrected chi connectivity index (χ3v) is 4.11. The van der Waals surface area contributed by atoms with Gasteiger partial charge in [0.2, 0.25) is 0 Å². The van der Waals surface area contributed by atoms with E-state index in [1.165, 1.54) is 35.3 Å². The van der Waals surface area contributed by atoms with Crippen LogP contribution < -0.4 is 5.32 Å². The number of morpholine rings is 1. The van der Waals surface area contributed by atoms with Crippen LogP contribution in [0.15, 0.2) is 30.6 Å². The number of carbonyl (C=O) groups is 1. The number of nitrogens with one attached hydrogen (secondary N) is 1. The van der Waals surface area contributed by atoms with E-state index < -0.39 is 18.1 Å². The minimum absolute atomic E-state index is 0.179. The van der Waals surface area contributed by atoms with Crippen molar-refractivity contribution in [1.29, 1.82) is 0 Å². The van der Waals surface area contributed by atoms with Gasteiger partial charge in [0.25, 0.3) is 5.91 Å². The van der Waals surface area contributed by atoms with Crippen molar-refractivity contribution < 1.29 is 22.7 Å². The lowest BCUT2D eigenvalue weighted by Crippen LogP contribution is -2.38. The summed E-state index contributed by atoms with van der Waals surface area (Å²) in [6.45, 7) is 4.10. The van der Waals surface area contributed by atoms with Gasteiger partial charge in [-0.05, 0) is 12.1 Å². The summed E-state index contributed by atoms with van der Waals surface area (Å²) >= 11 is 0. The molecule has 0 saturated carbocycles. The number of nitrogens with zero attached hydrogens (tertiary/aromatic N) is 5. The fraction of sp³-hybridized carbons (Fsp3) is 0.500. The molecular weight excluding hydrogens is 365 g/mol. The average molecular weight is 384 g/mol. The number of carbonyl (C=O) groups excluding carboxylic acids is 1.